The zero-order valence-corrected chi connectivity index (χ0v) is 13.6. The van der Waals surface area contributed by atoms with E-state index in [9.17, 15) is 5.11 Å². The molecule has 0 bridgehead atoms. The van der Waals surface area contributed by atoms with E-state index in [1.807, 2.05) is 6.07 Å². The van der Waals surface area contributed by atoms with E-state index in [-0.39, 0.29) is 5.75 Å². The van der Waals surface area contributed by atoms with Gasteiger partial charge in [0, 0.05) is 29.2 Å². The van der Waals surface area contributed by atoms with E-state index in [1.165, 1.54) is 26.4 Å². The van der Waals surface area contributed by atoms with Crippen LogP contribution < -0.4 is 10.5 Å². The van der Waals surface area contributed by atoms with Gasteiger partial charge in [-0.1, -0.05) is 24.9 Å². The maximum absolute atomic E-state index is 10.3. The van der Waals surface area contributed by atoms with E-state index in [4.69, 9.17) is 22.1 Å². The van der Waals surface area contributed by atoms with Crippen LogP contribution in [0.1, 0.15) is 31.7 Å². The number of rotatable bonds is 6. The molecule has 1 aliphatic rings. The molecule has 1 aliphatic carbocycles. The maximum Gasteiger partial charge on any atom is 0.162 e. The summed E-state index contributed by atoms with van der Waals surface area (Å²) in [6.07, 6.45) is 3.60. The van der Waals surface area contributed by atoms with Crippen LogP contribution in [0.5, 0.6) is 11.5 Å². The van der Waals surface area contributed by atoms with Crippen LogP contribution in [-0.4, -0.2) is 36.2 Å². The van der Waals surface area contributed by atoms with Gasteiger partial charge in [0.05, 0.1) is 7.11 Å². The molecule has 1 aromatic rings. The maximum atomic E-state index is 10.3. The number of nitrogens with two attached hydrogens (primary N) is 1. The third-order valence-electron chi connectivity index (χ3n) is 4.51. The minimum absolute atomic E-state index is 0.183. The molecule has 2 unspecified atom stereocenters. The molecular weight excluding hydrogens is 288 g/mol. The predicted molar refractivity (Wildman–Crippen MR) is 85.9 cm³/mol. The van der Waals surface area contributed by atoms with E-state index in [1.54, 1.807) is 6.07 Å². The Hall–Kier alpha value is -0.970. The number of phenols is 1. The third kappa shape index (κ3) is 3.62. The van der Waals surface area contributed by atoms with Crippen molar-refractivity contribution in [3.63, 3.8) is 0 Å². The van der Waals surface area contributed by atoms with Crippen LogP contribution >= 0.6 is 11.6 Å². The summed E-state index contributed by atoms with van der Waals surface area (Å²) in [6, 6.07) is 3.94. The van der Waals surface area contributed by atoms with Crippen molar-refractivity contribution in [3.8, 4) is 11.5 Å². The summed E-state index contributed by atoms with van der Waals surface area (Å²) in [5.74, 6) is 1.16. The lowest BCUT2D eigenvalue weighted by atomic mass is 10.0. The molecule has 1 aromatic carbocycles. The van der Waals surface area contributed by atoms with Crippen molar-refractivity contribution < 1.29 is 9.84 Å². The number of methoxy groups -OCH3 is 1. The van der Waals surface area contributed by atoms with E-state index < -0.39 is 0 Å². The first-order valence-electron chi connectivity index (χ1n) is 7.60. The van der Waals surface area contributed by atoms with Crippen molar-refractivity contribution in [3.05, 3.63) is 22.7 Å². The van der Waals surface area contributed by atoms with Crippen LogP contribution in [0.15, 0.2) is 12.1 Å². The van der Waals surface area contributed by atoms with Crippen LogP contribution in [0.2, 0.25) is 5.02 Å². The van der Waals surface area contributed by atoms with Crippen molar-refractivity contribution in [2.24, 2.45) is 11.7 Å². The van der Waals surface area contributed by atoms with Gasteiger partial charge in [-0.15, -0.1) is 0 Å². The highest BCUT2D eigenvalue weighted by Gasteiger charge is 2.31. The van der Waals surface area contributed by atoms with Crippen LogP contribution in [0.3, 0.4) is 0 Å². The molecule has 0 spiro atoms. The van der Waals surface area contributed by atoms with E-state index >= 15 is 0 Å². The summed E-state index contributed by atoms with van der Waals surface area (Å²) < 4.78 is 5.18. The molecule has 0 aliphatic heterocycles. The van der Waals surface area contributed by atoms with Crippen molar-refractivity contribution in [2.75, 3.05) is 20.2 Å². The number of phenolic OH excluding ortho intramolecular Hbond substituents is 1. The molecule has 0 heterocycles. The first-order valence-corrected chi connectivity index (χ1v) is 7.98. The zero-order chi connectivity index (χ0) is 15.4. The largest absolute Gasteiger partial charge is 0.504 e. The summed E-state index contributed by atoms with van der Waals surface area (Å²) in [7, 11) is 1.54. The zero-order valence-electron chi connectivity index (χ0n) is 12.8. The molecule has 21 heavy (non-hydrogen) atoms. The molecule has 0 aromatic heterocycles. The summed E-state index contributed by atoms with van der Waals surface area (Å²) in [6.45, 7) is 4.46. The number of benzene rings is 1. The first-order chi connectivity index (χ1) is 10.1. The highest BCUT2D eigenvalue weighted by Crippen LogP contribution is 2.36. The first kappa shape index (κ1) is 16.4. The van der Waals surface area contributed by atoms with Gasteiger partial charge in [0.15, 0.2) is 11.5 Å². The normalized spacial score (nSPS) is 22.0. The smallest absolute Gasteiger partial charge is 0.162 e. The molecule has 1 fully saturated rings. The van der Waals surface area contributed by atoms with Crippen LogP contribution in [0, 0.1) is 5.92 Å². The molecule has 118 valence electrons. The van der Waals surface area contributed by atoms with E-state index in [0.29, 0.717) is 29.3 Å². The van der Waals surface area contributed by atoms with Crippen LogP contribution in [-0.2, 0) is 6.54 Å². The van der Waals surface area contributed by atoms with Gasteiger partial charge in [-0.3, -0.25) is 4.90 Å². The van der Waals surface area contributed by atoms with Gasteiger partial charge in [0.25, 0.3) is 0 Å². The Morgan fingerprint density at radius 1 is 1.43 bits per heavy atom. The second-order valence-corrected chi connectivity index (χ2v) is 6.11. The van der Waals surface area contributed by atoms with Crippen LogP contribution in [0.25, 0.3) is 0 Å². The molecule has 0 radical (unpaired) electrons. The fraction of sp³-hybridized carbons (Fsp3) is 0.625. The second kappa shape index (κ2) is 7.34. The number of halogens is 1. The average molecular weight is 313 g/mol. The number of nitrogens with zero attached hydrogens (tertiary/aromatic N) is 1. The van der Waals surface area contributed by atoms with Gasteiger partial charge in [0.1, 0.15) is 0 Å². The molecular formula is C16H25ClN2O2. The summed E-state index contributed by atoms with van der Waals surface area (Å²) in [5, 5.41) is 10.9. The summed E-state index contributed by atoms with van der Waals surface area (Å²) in [5.41, 5.74) is 6.70. The lowest BCUT2D eigenvalue weighted by Gasteiger charge is -2.32. The van der Waals surface area contributed by atoms with Crippen molar-refractivity contribution in [1.29, 1.82) is 0 Å². The Morgan fingerprint density at radius 3 is 2.81 bits per heavy atom. The molecule has 3 N–H and O–H groups in total. The molecule has 0 saturated heterocycles. The second-order valence-electron chi connectivity index (χ2n) is 5.67. The van der Waals surface area contributed by atoms with Crippen molar-refractivity contribution in [1.82, 2.24) is 4.90 Å². The Bertz CT molecular complexity index is 482. The standard InChI is InChI=1S/C16H25ClN2O2/c1-3-19(14-6-4-5-11(14)9-18)10-12-7-13(17)8-15(21-2)16(12)20/h7-8,11,14,20H,3-6,9-10,18H2,1-2H3. The van der Waals surface area contributed by atoms with Crippen LogP contribution in [0.4, 0.5) is 0 Å². The van der Waals surface area contributed by atoms with E-state index in [2.05, 4.69) is 11.8 Å². The average Bonchev–Trinajstić information content (AvgIpc) is 2.95. The lowest BCUT2D eigenvalue weighted by molar-refractivity contribution is 0.160. The molecule has 0 amide bonds. The molecule has 2 atom stereocenters. The Morgan fingerprint density at radius 2 is 2.19 bits per heavy atom. The van der Waals surface area contributed by atoms with Crippen molar-refractivity contribution in [2.45, 2.75) is 38.8 Å². The predicted octanol–water partition coefficient (Wildman–Crippen LogP) is 3.00. The van der Waals surface area contributed by atoms with Gasteiger partial charge in [-0.2, -0.15) is 0 Å². The number of hydrogen-bond donors (Lipinski definition) is 2. The minimum Gasteiger partial charge on any atom is -0.504 e. The summed E-state index contributed by atoms with van der Waals surface area (Å²) in [4.78, 5) is 2.38. The number of hydrogen-bond acceptors (Lipinski definition) is 4. The number of ether oxygens (including phenoxy) is 1. The monoisotopic (exact) mass is 312 g/mol. The Labute approximate surface area is 131 Å². The lowest BCUT2D eigenvalue weighted by Crippen LogP contribution is -2.39. The molecule has 1 saturated carbocycles. The Kier molecular flexibility index (Phi) is 5.73. The Balaban J connectivity index is 2.20. The highest BCUT2D eigenvalue weighted by molar-refractivity contribution is 6.30. The molecule has 4 nitrogen and oxygen atoms in total. The fourth-order valence-electron chi connectivity index (χ4n) is 3.36. The fourth-order valence-corrected chi connectivity index (χ4v) is 3.59. The highest BCUT2D eigenvalue weighted by atomic mass is 35.5. The summed E-state index contributed by atoms with van der Waals surface area (Å²) >= 11 is 6.11. The van der Waals surface area contributed by atoms with Gasteiger partial charge >= 0.3 is 0 Å². The third-order valence-corrected chi connectivity index (χ3v) is 4.73. The molecule has 2 rings (SSSR count). The topological polar surface area (TPSA) is 58.7 Å². The van der Waals surface area contributed by atoms with Gasteiger partial charge in [-0.25, -0.2) is 0 Å². The van der Waals surface area contributed by atoms with Crippen molar-refractivity contribution >= 4 is 11.6 Å². The SMILES string of the molecule is CCN(Cc1cc(Cl)cc(OC)c1O)C1CCCC1CN. The van der Waals surface area contributed by atoms with Gasteiger partial charge in [-0.05, 0) is 37.9 Å². The minimum atomic E-state index is 0.183. The quantitative estimate of drug-likeness (QED) is 0.848. The molecule has 5 heteroatoms. The number of aromatic hydroxyl groups is 1. The van der Waals surface area contributed by atoms with E-state index in [0.717, 1.165) is 18.7 Å². The van der Waals surface area contributed by atoms with Gasteiger partial charge in [0.2, 0.25) is 0 Å². The van der Waals surface area contributed by atoms with Gasteiger partial charge < -0.3 is 15.6 Å².